The molecular weight excluding hydrogens is 154 g/mol. The second-order valence-corrected chi connectivity index (χ2v) is 2.47. The Morgan fingerprint density at radius 2 is 2.58 bits per heavy atom. The number of aromatic nitrogens is 1. The van der Waals surface area contributed by atoms with Crippen molar-refractivity contribution < 1.29 is 4.79 Å². The minimum Gasteiger partial charge on any atom is -0.366 e. The van der Waals surface area contributed by atoms with Crippen LogP contribution in [-0.2, 0) is 4.79 Å². The van der Waals surface area contributed by atoms with Crippen molar-refractivity contribution >= 4 is 12.1 Å². The zero-order valence-corrected chi connectivity index (χ0v) is 7.08. The lowest BCUT2D eigenvalue weighted by molar-refractivity contribution is -0.107. The second kappa shape index (κ2) is 4.56. The Morgan fingerprint density at radius 1 is 1.75 bits per heavy atom. The Morgan fingerprint density at radius 3 is 3.08 bits per heavy atom. The van der Waals surface area contributed by atoms with Gasteiger partial charge in [0.1, 0.15) is 0 Å². The van der Waals surface area contributed by atoms with Crippen LogP contribution >= 0.6 is 0 Å². The summed E-state index contributed by atoms with van der Waals surface area (Å²) in [6, 6.07) is 1.87. The average molecular weight is 167 g/mol. The second-order valence-electron chi connectivity index (χ2n) is 2.47. The van der Waals surface area contributed by atoms with E-state index in [0.29, 0.717) is 6.54 Å². The average Bonchev–Trinajstić information content (AvgIpc) is 2.59. The maximum Gasteiger partial charge on any atom is 0.214 e. The Bertz CT molecular complexity index is 220. The smallest absolute Gasteiger partial charge is 0.214 e. The van der Waals surface area contributed by atoms with Gasteiger partial charge in [-0.05, 0) is 13.1 Å². The van der Waals surface area contributed by atoms with Crippen LogP contribution in [0.15, 0.2) is 18.5 Å². The van der Waals surface area contributed by atoms with E-state index >= 15 is 0 Å². The van der Waals surface area contributed by atoms with Gasteiger partial charge < -0.3 is 15.2 Å². The summed E-state index contributed by atoms with van der Waals surface area (Å²) in [5.74, 6) is 0. The largest absolute Gasteiger partial charge is 0.366 e. The van der Waals surface area contributed by atoms with Gasteiger partial charge in [0.25, 0.3) is 0 Å². The van der Waals surface area contributed by atoms with Crippen LogP contribution in [0.25, 0.3) is 0 Å². The molecular formula is C8H13N3O. The van der Waals surface area contributed by atoms with Crippen molar-refractivity contribution in [2.75, 3.05) is 25.0 Å². The first-order chi connectivity index (χ1) is 5.88. The van der Waals surface area contributed by atoms with Crippen molar-refractivity contribution in [3.63, 3.8) is 0 Å². The Labute approximate surface area is 71.6 Å². The predicted molar refractivity (Wildman–Crippen MR) is 48.1 cm³/mol. The van der Waals surface area contributed by atoms with Crippen LogP contribution in [0.2, 0.25) is 0 Å². The minimum atomic E-state index is 0.692. The number of H-pyrrole nitrogens is 1. The van der Waals surface area contributed by atoms with Gasteiger partial charge in [0.15, 0.2) is 0 Å². The molecule has 66 valence electrons. The first-order valence-corrected chi connectivity index (χ1v) is 3.88. The molecule has 0 aliphatic heterocycles. The minimum absolute atomic E-state index is 0.692. The number of hydrogen-bond donors (Lipinski definition) is 2. The highest BCUT2D eigenvalue weighted by molar-refractivity contribution is 5.74. The number of aromatic amines is 1. The summed E-state index contributed by atoms with van der Waals surface area (Å²) in [4.78, 5) is 15.1. The molecule has 0 unspecified atom stereocenters. The number of likely N-dealkylation sites (N-methyl/N-ethyl adjacent to an activating group) is 1. The lowest BCUT2D eigenvalue weighted by atomic mass is 10.4. The molecule has 1 aromatic rings. The molecule has 0 saturated heterocycles. The molecule has 4 heteroatoms. The number of amides is 1. The van der Waals surface area contributed by atoms with Gasteiger partial charge in [-0.3, -0.25) is 4.79 Å². The number of nitrogens with zero attached hydrogens (tertiary/aromatic N) is 1. The molecule has 0 spiro atoms. The van der Waals surface area contributed by atoms with Crippen molar-refractivity contribution in [3.8, 4) is 0 Å². The van der Waals surface area contributed by atoms with Gasteiger partial charge in [-0.1, -0.05) is 0 Å². The molecule has 0 saturated carbocycles. The molecule has 0 aliphatic rings. The summed E-state index contributed by atoms with van der Waals surface area (Å²) >= 11 is 0. The van der Waals surface area contributed by atoms with E-state index in [1.54, 1.807) is 17.3 Å². The number of nitrogens with one attached hydrogen (secondary N) is 2. The highest BCUT2D eigenvalue weighted by Gasteiger charge is 2.02. The number of hydrogen-bond acceptors (Lipinski definition) is 2. The topological polar surface area (TPSA) is 48.1 Å². The number of rotatable bonds is 5. The van der Waals surface area contributed by atoms with Gasteiger partial charge in [-0.25, -0.2) is 0 Å². The van der Waals surface area contributed by atoms with Gasteiger partial charge in [-0.15, -0.1) is 0 Å². The molecule has 12 heavy (non-hydrogen) atoms. The van der Waals surface area contributed by atoms with E-state index in [0.717, 1.165) is 18.6 Å². The van der Waals surface area contributed by atoms with E-state index in [-0.39, 0.29) is 0 Å². The van der Waals surface area contributed by atoms with Crippen molar-refractivity contribution in [1.82, 2.24) is 10.3 Å². The zero-order chi connectivity index (χ0) is 8.81. The van der Waals surface area contributed by atoms with Gasteiger partial charge in [-0.2, -0.15) is 0 Å². The first kappa shape index (κ1) is 8.80. The molecule has 4 nitrogen and oxygen atoms in total. The van der Waals surface area contributed by atoms with E-state index in [1.807, 2.05) is 13.1 Å². The van der Waals surface area contributed by atoms with Gasteiger partial charge in [0.05, 0.1) is 5.69 Å². The Balaban J connectivity index is 2.51. The number of carbonyl (C=O) groups is 1. The third-order valence-corrected chi connectivity index (χ3v) is 1.64. The van der Waals surface area contributed by atoms with Crippen molar-refractivity contribution in [2.45, 2.75) is 0 Å². The van der Waals surface area contributed by atoms with Crippen LogP contribution < -0.4 is 10.2 Å². The van der Waals surface area contributed by atoms with E-state index < -0.39 is 0 Å². The third kappa shape index (κ3) is 2.10. The molecule has 1 heterocycles. The van der Waals surface area contributed by atoms with Crippen LogP contribution in [-0.4, -0.2) is 31.5 Å². The number of carbonyl (C=O) groups excluding carboxylic acids is 1. The van der Waals surface area contributed by atoms with E-state index in [2.05, 4.69) is 10.3 Å². The van der Waals surface area contributed by atoms with Crippen LogP contribution in [0.4, 0.5) is 5.69 Å². The van der Waals surface area contributed by atoms with Crippen LogP contribution in [0.3, 0.4) is 0 Å². The fourth-order valence-electron chi connectivity index (χ4n) is 0.969. The quantitative estimate of drug-likeness (QED) is 0.615. The molecule has 2 N–H and O–H groups in total. The van der Waals surface area contributed by atoms with Crippen molar-refractivity contribution in [3.05, 3.63) is 18.5 Å². The van der Waals surface area contributed by atoms with Gasteiger partial charge >= 0.3 is 0 Å². The van der Waals surface area contributed by atoms with E-state index in [9.17, 15) is 4.79 Å². The zero-order valence-electron chi connectivity index (χ0n) is 7.08. The Kier molecular flexibility index (Phi) is 3.35. The van der Waals surface area contributed by atoms with Crippen molar-refractivity contribution in [1.29, 1.82) is 0 Å². The molecule has 0 fully saturated rings. The molecule has 1 rings (SSSR count). The SMILES string of the molecule is CNCCN(C=O)c1cc[nH]c1. The lowest BCUT2D eigenvalue weighted by Crippen LogP contribution is -2.29. The third-order valence-electron chi connectivity index (χ3n) is 1.64. The summed E-state index contributed by atoms with van der Waals surface area (Å²) in [7, 11) is 1.86. The maximum atomic E-state index is 10.6. The molecule has 0 aliphatic carbocycles. The normalized spacial score (nSPS) is 9.75. The molecule has 0 radical (unpaired) electrons. The van der Waals surface area contributed by atoms with Crippen LogP contribution in [0.1, 0.15) is 0 Å². The summed E-state index contributed by atoms with van der Waals surface area (Å²) in [6.07, 6.45) is 4.43. The van der Waals surface area contributed by atoms with E-state index in [4.69, 9.17) is 0 Å². The molecule has 1 amide bonds. The number of anilines is 1. The van der Waals surface area contributed by atoms with E-state index in [1.165, 1.54) is 0 Å². The van der Waals surface area contributed by atoms with Crippen LogP contribution in [0, 0.1) is 0 Å². The summed E-state index contributed by atoms with van der Waals surface area (Å²) < 4.78 is 0. The molecule has 0 aromatic carbocycles. The first-order valence-electron chi connectivity index (χ1n) is 3.88. The summed E-state index contributed by atoms with van der Waals surface area (Å²) in [6.45, 7) is 1.49. The van der Waals surface area contributed by atoms with Gasteiger partial charge in [0.2, 0.25) is 6.41 Å². The van der Waals surface area contributed by atoms with Gasteiger partial charge in [0, 0.05) is 25.5 Å². The highest BCUT2D eigenvalue weighted by atomic mass is 16.1. The van der Waals surface area contributed by atoms with Crippen LogP contribution in [0.5, 0.6) is 0 Å². The summed E-state index contributed by atoms with van der Waals surface area (Å²) in [5.41, 5.74) is 0.903. The Hall–Kier alpha value is -1.29. The fraction of sp³-hybridized carbons (Fsp3) is 0.375. The maximum absolute atomic E-state index is 10.6. The molecule has 0 atom stereocenters. The monoisotopic (exact) mass is 167 g/mol. The summed E-state index contributed by atoms with van der Waals surface area (Å²) in [5, 5.41) is 2.98. The van der Waals surface area contributed by atoms with Crippen molar-refractivity contribution in [2.24, 2.45) is 0 Å². The molecule has 0 bridgehead atoms. The highest BCUT2D eigenvalue weighted by Crippen LogP contribution is 2.08. The fourth-order valence-corrected chi connectivity index (χ4v) is 0.969. The standard InChI is InChI=1S/C8H13N3O/c1-9-4-5-11(7-12)8-2-3-10-6-8/h2-3,6-7,9-10H,4-5H2,1H3. The lowest BCUT2D eigenvalue weighted by Gasteiger charge is -2.14. The molecule has 1 aromatic heterocycles. The predicted octanol–water partition coefficient (Wildman–Crippen LogP) is 0.197.